The average Bonchev–Trinajstić information content (AvgIpc) is 2.54. The Hall–Kier alpha value is -0.850. The van der Waals surface area contributed by atoms with Crippen molar-refractivity contribution in [1.82, 2.24) is 0 Å². The van der Waals surface area contributed by atoms with Crippen LogP contribution >= 0.6 is 41.3 Å². The Kier molecular flexibility index (Phi) is 6.39. The summed E-state index contributed by atoms with van der Waals surface area (Å²) in [5.41, 5.74) is 0. The lowest BCUT2D eigenvalue weighted by Crippen LogP contribution is -2.35. The van der Waals surface area contributed by atoms with E-state index in [0.717, 1.165) is 5.82 Å². The van der Waals surface area contributed by atoms with E-state index < -0.39 is 24.9 Å². The number of benzene rings is 2. The van der Waals surface area contributed by atoms with Gasteiger partial charge < -0.3 is 4.57 Å². The lowest BCUT2D eigenvalue weighted by molar-refractivity contribution is -0.154. The Labute approximate surface area is 161 Å². The summed E-state index contributed by atoms with van der Waals surface area (Å²) in [4.78, 5) is 0. The van der Waals surface area contributed by atoms with Crippen LogP contribution in [0.3, 0.4) is 0 Å². The van der Waals surface area contributed by atoms with Crippen molar-refractivity contribution in [2.75, 3.05) is 0 Å². The molecule has 0 radical (unpaired) electrons. The molecular formula is C17H13ClF4IOP. The van der Waals surface area contributed by atoms with E-state index in [1.165, 1.54) is 22.6 Å². The van der Waals surface area contributed by atoms with Crippen LogP contribution in [0, 0.1) is 0 Å². The fraction of sp³-hybridized carbons (Fsp3) is 0.176. The van der Waals surface area contributed by atoms with Gasteiger partial charge in [-0.2, -0.15) is 17.6 Å². The summed E-state index contributed by atoms with van der Waals surface area (Å²) in [5, 5.41) is -3.83. The Morgan fingerprint density at radius 3 is 1.72 bits per heavy atom. The van der Waals surface area contributed by atoms with E-state index in [1.807, 2.05) is 0 Å². The first-order valence-electron chi connectivity index (χ1n) is 7.09. The van der Waals surface area contributed by atoms with E-state index >= 15 is 0 Å². The Morgan fingerprint density at radius 1 is 0.960 bits per heavy atom. The predicted octanol–water partition coefficient (Wildman–Crippen LogP) is 6.13. The smallest absolute Gasteiger partial charge is 0.309 e. The van der Waals surface area contributed by atoms with E-state index in [2.05, 4.69) is 11.6 Å². The highest BCUT2D eigenvalue weighted by molar-refractivity contribution is 14.1. The highest BCUT2D eigenvalue weighted by atomic mass is 127. The van der Waals surface area contributed by atoms with Crippen molar-refractivity contribution < 1.29 is 22.1 Å². The molecule has 0 heterocycles. The van der Waals surface area contributed by atoms with Crippen LogP contribution < -0.4 is 10.6 Å². The second-order valence-corrected chi connectivity index (χ2v) is 9.75. The number of alkyl halides is 5. The number of allylic oxidation sites excluding steroid dienone is 1. The lowest BCUT2D eigenvalue weighted by atomic mass is 10.2. The third kappa shape index (κ3) is 4.86. The van der Waals surface area contributed by atoms with E-state index in [0.29, 0.717) is 10.6 Å². The minimum atomic E-state index is -4.68. The molecule has 0 atom stereocenters. The standard InChI is InChI=1S/C17H13ClF4IOP/c18-17(21,22)16(19,20)11-13(23)12-25(24,14-7-3-1-4-8-14)15-9-5-2-6-10-15/h1-10,12H,11H2/b13-12-. The highest BCUT2D eigenvalue weighted by Gasteiger charge is 2.55. The van der Waals surface area contributed by atoms with Crippen molar-refractivity contribution in [2.45, 2.75) is 17.7 Å². The fourth-order valence-corrected chi connectivity index (χ4v) is 6.19. The minimum Gasteiger partial charge on any atom is -0.309 e. The molecule has 134 valence electrons. The molecule has 2 rings (SSSR count). The molecule has 0 bridgehead atoms. The van der Waals surface area contributed by atoms with Gasteiger partial charge in [0.15, 0.2) is 7.14 Å². The van der Waals surface area contributed by atoms with E-state index in [9.17, 15) is 22.1 Å². The molecule has 2 aromatic rings. The molecule has 0 aliphatic rings. The summed E-state index contributed by atoms with van der Waals surface area (Å²) in [6.45, 7) is 0. The monoisotopic (exact) mass is 502 g/mol. The normalized spacial score (nSPS) is 13.8. The zero-order chi connectivity index (χ0) is 18.7. The largest absolute Gasteiger partial charge is 0.384 e. The first-order valence-corrected chi connectivity index (χ1v) is 10.3. The number of halogens is 6. The number of hydrogen-bond donors (Lipinski definition) is 0. The SMILES string of the molecule is O=P(/C=C(\I)CC(F)(F)C(F)(F)Cl)(c1ccccc1)c1ccccc1. The maximum atomic E-state index is 13.6. The summed E-state index contributed by atoms with van der Waals surface area (Å²) in [6.07, 6.45) is -1.30. The first-order chi connectivity index (χ1) is 11.6. The number of rotatable bonds is 6. The molecule has 0 unspecified atom stereocenters. The fourth-order valence-electron chi connectivity index (χ4n) is 2.15. The van der Waals surface area contributed by atoms with Gasteiger partial charge in [0.2, 0.25) is 0 Å². The second kappa shape index (κ2) is 7.80. The van der Waals surface area contributed by atoms with Gasteiger partial charge in [0.25, 0.3) is 0 Å². The minimum absolute atomic E-state index is 0.154. The van der Waals surface area contributed by atoms with Gasteiger partial charge in [-0.05, 0) is 40.0 Å². The van der Waals surface area contributed by atoms with Gasteiger partial charge >= 0.3 is 11.3 Å². The third-order valence-corrected chi connectivity index (χ3v) is 7.67. The maximum Gasteiger partial charge on any atom is 0.384 e. The molecule has 0 aliphatic carbocycles. The van der Waals surface area contributed by atoms with E-state index in [1.54, 1.807) is 60.7 Å². The quantitative estimate of drug-likeness (QED) is 0.201. The molecule has 0 amide bonds. The Bertz CT molecular complexity index is 748. The summed E-state index contributed by atoms with van der Waals surface area (Å²) in [7, 11) is -3.41. The van der Waals surface area contributed by atoms with Gasteiger partial charge in [-0.25, -0.2) is 0 Å². The van der Waals surface area contributed by atoms with Crippen molar-refractivity contribution in [3.63, 3.8) is 0 Å². The maximum absolute atomic E-state index is 13.6. The Balaban J connectivity index is 2.50. The molecule has 0 saturated carbocycles. The molecule has 2 aromatic carbocycles. The van der Waals surface area contributed by atoms with Crippen molar-refractivity contribution >= 4 is 51.9 Å². The topological polar surface area (TPSA) is 17.1 Å². The molecule has 0 fully saturated rings. The van der Waals surface area contributed by atoms with E-state index in [4.69, 9.17) is 0 Å². The summed E-state index contributed by atoms with van der Waals surface area (Å²) < 4.78 is 66.3. The van der Waals surface area contributed by atoms with Crippen LogP contribution in [0.5, 0.6) is 0 Å². The van der Waals surface area contributed by atoms with Crippen LogP contribution in [0.2, 0.25) is 0 Å². The van der Waals surface area contributed by atoms with Crippen LogP contribution in [0.25, 0.3) is 0 Å². The summed E-state index contributed by atoms with van der Waals surface area (Å²) in [6, 6.07) is 16.6. The molecule has 0 saturated heterocycles. The van der Waals surface area contributed by atoms with Crippen LogP contribution in [-0.2, 0) is 4.57 Å². The molecule has 0 aromatic heterocycles. The predicted molar refractivity (Wildman–Crippen MR) is 102 cm³/mol. The number of hydrogen-bond acceptors (Lipinski definition) is 1. The van der Waals surface area contributed by atoms with Gasteiger partial charge in [-0.1, -0.05) is 60.7 Å². The molecule has 0 N–H and O–H groups in total. The molecule has 0 spiro atoms. The van der Waals surface area contributed by atoms with Crippen molar-refractivity contribution in [3.05, 3.63) is 70.1 Å². The second-order valence-electron chi connectivity index (χ2n) is 5.28. The van der Waals surface area contributed by atoms with Crippen LogP contribution in [-0.4, -0.2) is 11.3 Å². The average molecular weight is 503 g/mol. The van der Waals surface area contributed by atoms with Crippen LogP contribution in [0.4, 0.5) is 17.6 Å². The highest BCUT2D eigenvalue weighted by Crippen LogP contribution is 2.50. The molecule has 0 aliphatic heterocycles. The van der Waals surface area contributed by atoms with Gasteiger partial charge in [0, 0.05) is 14.2 Å². The first kappa shape index (κ1) is 20.5. The zero-order valence-electron chi connectivity index (χ0n) is 12.7. The van der Waals surface area contributed by atoms with Gasteiger partial charge in [-0.15, -0.1) is 0 Å². The van der Waals surface area contributed by atoms with Crippen molar-refractivity contribution in [3.8, 4) is 0 Å². The molecule has 1 nitrogen and oxygen atoms in total. The van der Waals surface area contributed by atoms with Gasteiger partial charge in [-0.3, -0.25) is 0 Å². The zero-order valence-corrected chi connectivity index (χ0v) is 16.5. The van der Waals surface area contributed by atoms with Crippen molar-refractivity contribution in [1.29, 1.82) is 0 Å². The van der Waals surface area contributed by atoms with Gasteiger partial charge in [0.05, 0.1) is 6.42 Å². The third-order valence-electron chi connectivity index (χ3n) is 3.41. The van der Waals surface area contributed by atoms with Crippen LogP contribution in [0.1, 0.15) is 6.42 Å². The van der Waals surface area contributed by atoms with Crippen LogP contribution in [0.15, 0.2) is 70.1 Å². The van der Waals surface area contributed by atoms with Gasteiger partial charge in [0.1, 0.15) is 0 Å². The van der Waals surface area contributed by atoms with Crippen molar-refractivity contribution in [2.24, 2.45) is 0 Å². The molecule has 25 heavy (non-hydrogen) atoms. The molecular weight excluding hydrogens is 490 g/mol. The summed E-state index contributed by atoms with van der Waals surface area (Å²) >= 11 is 5.99. The summed E-state index contributed by atoms with van der Waals surface area (Å²) in [5.74, 6) is -3.30. The Morgan fingerprint density at radius 2 is 1.36 bits per heavy atom. The lowest BCUT2D eigenvalue weighted by Gasteiger charge is -2.22. The molecule has 8 heteroatoms. The van der Waals surface area contributed by atoms with E-state index in [-0.39, 0.29) is 3.58 Å².